The van der Waals surface area contributed by atoms with Crippen LogP contribution in [0.15, 0.2) is 36.4 Å². The number of benzene rings is 1. The number of hydrogen-bond acceptors (Lipinski definition) is 5. The highest BCUT2D eigenvalue weighted by Crippen LogP contribution is 2.20. The molecule has 0 bridgehead atoms. The number of anilines is 2. The van der Waals surface area contributed by atoms with Crippen LogP contribution >= 0.6 is 0 Å². The van der Waals surface area contributed by atoms with Crippen LogP contribution in [-0.2, 0) is 0 Å². The van der Waals surface area contributed by atoms with Crippen molar-refractivity contribution in [2.24, 2.45) is 0 Å². The molecule has 6 nitrogen and oxygen atoms in total. The number of hydrogen-bond donors (Lipinski definition) is 0. The number of piperazine rings is 1. The molecule has 0 radical (unpaired) electrons. The van der Waals surface area contributed by atoms with E-state index in [1.807, 2.05) is 36.1 Å². The van der Waals surface area contributed by atoms with E-state index in [-0.39, 0.29) is 5.91 Å². The highest BCUT2D eigenvalue weighted by Gasteiger charge is 2.24. The topological polar surface area (TPSA) is 52.6 Å². The van der Waals surface area contributed by atoms with Gasteiger partial charge in [0.15, 0.2) is 11.6 Å². The van der Waals surface area contributed by atoms with E-state index in [2.05, 4.69) is 32.1 Å². The monoisotopic (exact) mass is 351 g/mol. The third kappa shape index (κ3) is 3.36. The maximum Gasteiger partial charge on any atom is 0.254 e. The van der Waals surface area contributed by atoms with Crippen LogP contribution in [0, 0.1) is 6.92 Å². The van der Waals surface area contributed by atoms with Gasteiger partial charge >= 0.3 is 0 Å². The fraction of sp³-hybridized carbons (Fsp3) is 0.450. The molecule has 0 unspecified atom stereocenters. The van der Waals surface area contributed by atoms with Crippen molar-refractivity contribution in [3.8, 4) is 0 Å². The van der Waals surface area contributed by atoms with Gasteiger partial charge in [0.25, 0.3) is 5.91 Å². The molecule has 2 fully saturated rings. The van der Waals surface area contributed by atoms with Crippen LogP contribution in [0.5, 0.6) is 0 Å². The van der Waals surface area contributed by atoms with Crippen LogP contribution in [0.25, 0.3) is 0 Å². The van der Waals surface area contributed by atoms with Crippen molar-refractivity contribution in [3.63, 3.8) is 0 Å². The molecule has 2 aliphatic heterocycles. The molecule has 136 valence electrons. The summed E-state index contributed by atoms with van der Waals surface area (Å²) < 4.78 is 0. The fourth-order valence-electron chi connectivity index (χ4n) is 3.72. The minimum Gasteiger partial charge on any atom is -0.355 e. The molecular weight excluding hydrogens is 326 g/mol. The number of nitrogens with zero attached hydrogens (tertiary/aromatic N) is 5. The van der Waals surface area contributed by atoms with Crippen molar-refractivity contribution in [2.45, 2.75) is 19.8 Å². The number of rotatable bonds is 3. The molecular formula is C20H25N5O. The zero-order chi connectivity index (χ0) is 17.9. The van der Waals surface area contributed by atoms with E-state index in [4.69, 9.17) is 0 Å². The molecule has 26 heavy (non-hydrogen) atoms. The Morgan fingerprint density at radius 3 is 1.96 bits per heavy atom. The third-order valence-electron chi connectivity index (χ3n) is 5.33. The van der Waals surface area contributed by atoms with Crippen LogP contribution in [0.2, 0.25) is 0 Å². The number of amides is 1. The second-order valence-corrected chi connectivity index (χ2v) is 7.04. The number of aryl methyl sites for hydroxylation is 1. The number of aromatic nitrogens is 2. The van der Waals surface area contributed by atoms with Crippen LogP contribution in [0.1, 0.15) is 28.8 Å². The molecule has 1 aromatic carbocycles. The standard InChI is InChI=1S/C20H25N5O/c1-16-6-2-3-7-17(16)20(26)25-14-12-24(13-15-25)19-9-8-18(21-22-19)23-10-4-5-11-23/h2-3,6-9H,4-5,10-15H2,1H3. The normalized spacial score (nSPS) is 17.7. The average Bonchev–Trinajstić information content (AvgIpc) is 3.23. The van der Waals surface area contributed by atoms with Crippen molar-refractivity contribution in [3.05, 3.63) is 47.5 Å². The lowest BCUT2D eigenvalue weighted by atomic mass is 10.1. The minimum absolute atomic E-state index is 0.123. The Morgan fingerprint density at radius 2 is 1.38 bits per heavy atom. The summed E-state index contributed by atoms with van der Waals surface area (Å²) in [6, 6.07) is 11.9. The first-order valence-electron chi connectivity index (χ1n) is 9.41. The van der Waals surface area contributed by atoms with Crippen LogP contribution in [0.3, 0.4) is 0 Å². The molecule has 0 spiro atoms. The van der Waals surface area contributed by atoms with Crippen molar-refractivity contribution in [2.75, 3.05) is 49.1 Å². The van der Waals surface area contributed by atoms with Gasteiger partial charge in [-0.3, -0.25) is 4.79 Å². The lowest BCUT2D eigenvalue weighted by molar-refractivity contribution is 0.0746. The predicted octanol–water partition coefficient (Wildman–Crippen LogP) is 2.35. The Balaban J connectivity index is 1.37. The predicted molar refractivity (Wildman–Crippen MR) is 103 cm³/mol. The quantitative estimate of drug-likeness (QED) is 0.850. The maximum absolute atomic E-state index is 12.7. The molecule has 4 rings (SSSR count). The lowest BCUT2D eigenvalue weighted by Gasteiger charge is -2.35. The van der Waals surface area contributed by atoms with Gasteiger partial charge in [0.2, 0.25) is 0 Å². The molecule has 6 heteroatoms. The number of carbonyl (C=O) groups excluding carboxylic acids is 1. The van der Waals surface area contributed by atoms with Gasteiger partial charge in [-0.25, -0.2) is 0 Å². The summed E-state index contributed by atoms with van der Waals surface area (Å²) in [5.74, 6) is 1.99. The van der Waals surface area contributed by atoms with Gasteiger partial charge in [0.1, 0.15) is 0 Å². The van der Waals surface area contributed by atoms with E-state index in [0.717, 1.165) is 48.9 Å². The zero-order valence-corrected chi connectivity index (χ0v) is 15.3. The first-order chi connectivity index (χ1) is 12.7. The van der Waals surface area contributed by atoms with E-state index in [0.29, 0.717) is 13.1 Å². The molecule has 2 aromatic rings. The third-order valence-corrected chi connectivity index (χ3v) is 5.33. The van der Waals surface area contributed by atoms with Crippen molar-refractivity contribution in [1.29, 1.82) is 0 Å². The maximum atomic E-state index is 12.7. The van der Waals surface area contributed by atoms with E-state index in [9.17, 15) is 4.79 Å². The summed E-state index contributed by atoms with van der Waals surface area (Å²) >= 11 is 0. The van der Waals surface area contributed by atoms with Gasteiger partial charge in [-0.1, -0.05) is 18.2 Å². The second-order valence-electron chi connectivity index (χ2n) is 7.04. The van der Waals surface area contributed by atoms with E-state index in [1.54, 1.807) is 0 Å². The molecule has 0 atom stereocenters. The van der Waals surface area contributed by atoms with Crippen LogP contribution < -0.4 is 9.80 Å². The van der Waals surface area contributed by atoms with Crippen molar-refractivity contribution in [1.82, 2.24) is 15.1 Å². The van der Waals surface area contributed by atoms with Crippen LogP contribution in [0.4, 0.5) is 11.6 Å². The van der Waals surface area contributed by atoms with Gasteiger partial charge < -0.3 is 14.7 Å². The van der Waals surface area contributed by atoms with E-state index >= 15 is 0 Å². The first kappa shape index (κ1) is 16.8. The zero-order valence-electron chi connectivity index (χ0n) is 15.3. The minimum atomic E-state index is 0.123. The average molecular weight is 351 g/mol. The van der Waals surface area contributed by atoms with E-state index in [1.165, 1.54) is 12.8 Å². The smallest absolute Gasteiger partial charge is 0.254 e. The first-order valence-corrected chi connectivity index (χ1v) is 9.41. The van der Waals surface area contributed by atoms with Gasteiger partial charge in [0, 0.05) is 44.8 Å². The number of carbonyl (C=O) groups is 1. The SMILES string of the molecule is Cc1ccccc1C(=O)N1CCN(c2ccc(N3CCCC3)nn2)CC1. The summed E-state index contributed by atoms with van der Waals surface area (Å²) in [5.41, 5.74) is 1.83. The van der Waals surface area contributed by atoms with Gasteiger partial charge in [-0.05, 0) is 43.5 Å². The molecule has 2 aliphatic rings. The van der Waals surface area contributed by atoms with Gasteiger partial charge in [0.05, 0.1) is 0 Å². The summed E-state index contributed by atoms with van der Waals surface area (Å²) in [6.07, 6.45) is 2.47. The Labute approximate surface area is 154 Å². The largest absolute Gasteiger partial charge is 0.355 e. The fourth-order valence-corrected chi connectivity index (χ4v) is 3.72. The Morgan fingerprint density at radius 1 is 0.808 bits per heavy atom. The van der Waals surface area contributed by atoms with Gasteiger partial charge in [-0.2, -0.15) is 0 Å². The molecule has 0 N–H and O–H groups in total. The van der Waals surface area contributed by atoms with E-state index < -0.39 is 0 Å². The molecule has 2 saturated heterocycles. The highest BCUT2D eigenvalue weighted by molar-refractivity contribution is 5.95. The summed E-state index contributed by atoms with van der Waals surface area (Å²) in [5, 5.41) is 8.82. The van der Waals surface area contributed by atoms with Crippen molar-refractivity contribution >= 4 is 17.5 Å². The van der Waals surface area contributed by atoms with Crippen LogP contribution in [-0.4, -0.2) is 60.3 Å². The Hall–Kier alpha value is -2.63. The Kier molecular flexibility index (Phi) is 4.73. The summed E-state index contributed by atoms with van der Waals surface area (Å²) in [4.78, 5) is 19.2. The molecule has 1 amide bonds. The highest BCUT2D eigenvalue weighted by atomic mass is 16.2. The lowest BCUT2D eigenvalue weighted by Crippen LogP contribution is -2.49. The van der Waals surface area contributed by atoms with Gasteiger partial charge in [-0.15, -0.1) is 10.2 Å². The van der Waals surface area contributed by atoms with Crippen molar-refractivity contribution < 1.29 is 4.79 Å². The summed E-state index contributed by atoms with van der Waals surface area (Å²) in [6.45, 7) is 7.14. The molecule has 0 saturated carbocycles. The second kappa shape index (κ2) is 7.32. The molecule has 1 aromatic heterocycles. The Bertz CT molecular complexity index is 762. The molecule has 3 heterocycles. The molecule has 0 aliphatic carbocycles. The summed E-state index contributed by atoms with van der Waals surface area (Å²) in [7, 11) is 0.